The molecule has 4 nitrogen and oxygen atoms in total. The molecule has 0 spiro atoms. The summed E-state index contributed by atoms with van der Waals surface area (Å²) >= 11 is 0. The van der Waals surface area contributed by atoms with Crippen molar-refractivity contribution in [2.75, 3.05) is 13.7 Å². The van der Waals surface area contributed by atoms with E-state index in [4.69, 9.17) is 14.2 Å². The highest BCUT2D eigenvalue weighted by Gasteiger charge is 2.30. The monoisotopic (exact) mass is 168 g/mol. The summed E-state index contributed by atoms with van der Waals surface area (Å²) in [6.07, 6.45) is 2.64. The van der Waals surface area contributed by atoms with Gasteiger partial charge in [0.2, 0.25) is 0 Å². The first kappa shape index (κ1) is 7.52. The maximum atomic E-state index is 10.8. The van der Waals surface area contributed by atoms with Crippen molar-refractivity contribution in [1.29, 1.82) is 0 Å². The molecule has 0 aromatic carbocycles. The molecule has 1 atom stereocenters. The van der Waals surface area contributed by atoms with Crippen LogP contribution in [0.2, 0.25) is 0 Å². The number of ether oxygens (including phenoxy) is 3. The molecular weight excluding hydrogens is 160 g/mol. The molecular formula is C8H8O4. The van der Waals surface area contributed by atoms with E-state index in [0.717, 1.165) is 0 Å². The van der Waals surface area contributed by atoms with Crippen molar-refractivity contribution in [3.63, 3.8) is 0 Å². The average Bonchev–Trinajstić information content (AvgIpc) is 2.44. The fourth-order valence-electron chi connectivity index (χ4n) is 1.23. The van der Waals surface area contributed by atoms with Crippen molar-refractivity contribution in [3.05, 3.63) is 23.5 Å². The molecule has 0 aromatic rings. The Kier molecular flexibility index (Phi) is 1.71. The third-order valence-electron chi connectivity index (χ3n) is 1.75. The van der Waals surface area contributed by atoms with E-state index in [9.17, 15) is 4.79 Å². The highest BCUT2D eigenvalue weighted by Crippen LogP contribution is 2.27. The van der Waals surface area contributed by atoms with E-state index in [1.807, 2.05) is 0 Å². The number of hydrogen-bond acceptors (Lipinski definition) is 4. The van der Waals surface area contributed by atoms with Crippen molar-refractivity contribution in [3.8, 4) is 0 Å². The minimum atomic E-state index is -0.462. The average molecular weight is 168 g/mol. The second kappa shape index (κ2) is 2.73. The van der Waals surface area contributed by atoms with Crippen molar-refractivity contribution in [2.24, 2.45) is 0 Å². The topological polar surface area (TPSA) is 44.8 Å². The minimum Gasteiger partial charge on any atom is -0.423 e. The number of fused-ring (bicyclic) bond motifs is 1. The van der Waals surface area contributed by atoms with Crippen LogP contribution >= 0.6 is 0 Å². The number of carbonyl (C=O) groups excluding carboxylic acids is 1. The molecule has 0 aromatic heterocycles. The first-order valence-electron chi connectivity index (χ1n) is 3.59. The Bertz CT molecular complexity index is 277. The summed E-state index contributed by atoms with van der Waals surface area (Å²) in [4.78, 5) is 10.8. The van der Waals surface area contributed by atoms with Gasteiger partial charge in [-0.3, -0.25) is 0 Å². The number of carbonyl (C=O) groups is 1. The van der Waals surface area contributed by atoms with Crippen molar-refractivity contribution in [2.45, 2.75) is 6.29 Å². The summed E-state index contributed by atoms with van der Waals surface area (Å²) in [7, 11) is 1.53. The molecule has 2 aliphatic heterocycles. The molecule has 0 saturated carbocycles. The van der Waals surface area contributed by atoms with E-state index in [-0.39, 0.29) is 5.97 Å². The molecule has 0 fully saturated rings. The second-order valence-corrected chi connectivity index (χ2v) is 2.49. The number of methoxy groups -OCH3 is 1. The molecule has 0 unspecified atom stereocenters. The third kappa shape index (κ3) is 1.05. The number of rotatable bonds is 1. The van der Waals surface area contributed by atoms with E-state index in [0.29, 0.717) is 17.9 Å². The summed E-state index contributed by atoms with van der Waals surface area (Å²) in [6.45, 7) is 0.415. The number of hydrogen-bond donors (Lipinski definition) is 0. The fraction of sp³-hybridized carbons (Fsp3) is 0.375. The van der Waals surface area contributed by atoms with Gasteiger partial charge in [0.05, 0.1) is 12.2 Å². The molecule has 0 amide bonds. The van der Waals surface area contributed by atoms with Gasteiger partial charge in [-0.25, -0.2) is 4.79 Å². The van der Waals surface area contributed by atoms with Crippen molar-refractivity contribution < 1.29 is 19.0 Å². The number of esters is 1. The quantitative estimate of drug-likeness (QED) is 0.530. The van der Waals surface area contributed by atoms with Crippen LogP contribution in [0.3, 0.4) is 0 Å². The van der Waals surface area contributed by atoms with Gasteiger partial charge in [-0.15, -0.1) is 0 Å². The summed E-state index contributed by atoms with van der Waals surface area (Å²) in [5, 5.41) is 0. The Morgan fingerprint density at radius 2 is 2.50 bits per heavy atom. The van der Waals surface area contributed by atoms with E-state index in [2.05, 4.69) is 0 Å². The molecule has 2 aliphatic rings. The van der Waals surface area contributed by atoms with Gasteiger partial charge in [0.1, 0.15) is 5.76 Å². The van der Waals surface area contributed by atoms with Crippen LogP contribution < -0.4 is 0 Å². The molecule has 4 heteroatoms. The van der Waals surface area contributed by atoms with E-state index in [1.54, 1.807) is 6.08 Å². The molecule has 0 aliphatic carbocycles. The Morgan fingerprint density at radius 1 is 1.67 bits per heavy atom. The second-order valence-electron chi connectivity index (χ2n) is 2.49. The summed E-state index contributed by atoms with van der Waals surface area (Å²) in [6, 6.07) is 0. The van der Waals surface area contributed by atoms with E-state index >= 15 is 0 Å². The van der Waals surface area contributed by atoms with Crippen LogP contribution in [0.25, 0.3) is 0 Å². The van der Waals surface area contributed by atoms with Crippen LogP contribution in [0.5, 0.6) is 0 Å². The van der Waals surface area contributed by atoms with Crippen LogP contribution in [-0.4, -0.2) is 26.0 Å². The standard InChI is InChI=1S/C8H8O4/c1-10-8-5-4-7(9)12-6(5)2-3-11-8/h2,4,8H,3H2,1H3/t8-/m1/s1. The van der Waals surface area contributed by atoms with Gasteiger partial charge in [0.15, 0.2) is 6.29 Å². The molecule has 0 bridgehead atoms. The van der Waals surface area contributed by atoms with E-state index in [1.165, 1.54) is 13.2 Å². The van der Waals surface area contributed by atoms with Gasteiger partial charge >= 0.3 is 5.97 Å². The first-order valence-corrected chi connectivity index (χ1v) is 3.59. The largest absolute Gasteiger partial charge is 0.423 e. The smallest absolute Gasteiger partial charge is 0.336 e. The van der Waals surface area contributed by atoms with Crippen LogP contribution in [-0.2, 0) is 19.0 Å². The van der Waals surface area contributed by atoms with Crippen LogP contribution in [0, 0.1) is 0 Å². The van der Waals surface area contributed by atoms with Crippen LogP contribution in [0.4, 0.5) is 0 Å². The molecule has 0 saturated heterocycles. The lowest BCUT2D eigenvalue weighted by molar-refractivity contribution is -0.132. The van der Waals surface area contributed by atoms with Crippen LogP contribution in [0.1, 0.15) is 0 Å². The minimum absolute atomic E-state index is 0.358. The SMILES string of the molecule is CO[C@@H]1OCC=C2OC(=O)C=C21. The Hall–Kier alpha value is -1.13. The van der Waals surface area contributed by atoms with Gasteiger partial charge in [0.25, 0.3) is 0 Å². The highest BCUT2D eigenvalue weighted by atomic mass is 16.7. The first-order chi connectivity index (χ1) is 5.81. The highest BCUT2D eigenvalue weighted by molar-refractivity contribution is 5.88. The van der Waals surface area contributed by atoms with Crippen LogP contribution in [0.15, 0.2) is 23.5 Å². The van der Waals surface area contributed by atoms with Gasteiger partial charge in [-0.2, -0.15) is 0 Å². The lowest BCUT2D eigenvalue weighted by Gasteiger charge is -2.20. The van der Waals surface area contributed by atoms with Gasteiger partial charge in [-0.05, 0) is 6.08 Å². The predicted octanol–water partition coefficient (Wildman–Crippen LogP) is 0.356. The van der Waals surface area contributed by atoms with Gasteiger partial charge in [-0.1, -0.05) is 0 Å². The lowest BCUT2D eigenvalue weighted by atomic mass is 10.2. The predicted molar refractivity (Wildman–Crippen MR) is 39.0 cm³/mol. The summed E-state index contributed by atoms with van der Waals surface area (Å²) in [5.74, 6) is 0.210. The normalized spacial score (nSPS) is 27.4. The Morgan fingerprint density at radius 3 is 3.25 bits per heavy atom. The Labute approximate surface area is 69.4 Å². The van der Waals surface area contributed by atoms with Gasteiger partial charge < -0.3 is 14.2 Å². The molecule has 0 radical (unpaired) electrons. The zero-order valence-corrected chi connectivity index (χ0v) is 6.57. The molecule has 2 rings (SSSR count). The van der Waals surface area contributed by atoms with E-state index < -0.39 is 6.29 Å². The maximum absolute atomic E-state index is 10.8. The molecule has 64 valence electrons. The zero-order valence-electron chi connectivity index (χ0n) is 6.57. The van der Waals surface area contributed by atoms with Gasteiger partial charge in [0, 0.05) is 13.2 Å². The maximum Gasteiger partial charge on any atom is 0.336 e. The lowest BCUT2D eigenvalue weighted by Crippen LogP contribution is -2.22. The fourth-order valence-corrected chi connectivity index (χ4v) is 1.23. The van der Waals surface area contributed by atoms with Crippen molar-refractivity contribution in [1.82, 2.24) is 0 Å². The molecule has 12 heavy (non-hydrogen) atoms. The molecule has 0 N–H and O–H groups in total. The van der Waals surface area contributed by atoms with Crippen molar-refractivity contribution >= 4 is 5.97 Å². The third-order valence-corrected chi connectivity index (χ3v) is 1.75. The summed E-state index contributed by atoms with van der Waals surface area (Å²) < 4.78 is 15.0. The zero-order chi connectivity index (χ0) is 8.55. The summed E-state index contributed by atoms with van der Waals surface area (Å²) in [5.41, 5.74) is 0.675. The Balaban J connectivity index is 2.31. The molecule has 2 heterocycles.